The number of nitrogens with zero attached hydrogens (tertiary/aromatic N) is 3. The molecule has 0 saturated carbocycles. The van der Waals surface area contributed by atoms with Gasteiger partial charge in [-0.15, -0.1) is 10.2 Å². The Hall–Kier alpha value is -2.09. The molecule has 1 aromatic rings. The van der Waals surface area contributed by atoms with Crippen LogP contribution in [0.5, 0.6) is 0 Å². The van der Waals surface area contributed by atoms with Crippen LogP contribution in [0.1, 0.15) is 37.7 Å². The van der Waals surface area contributed by atoms with Gasteiger partial charge in [-0.05, 0) is 33.1 Å². The number of hydrogen-bond donors (Lipinski definition) is 1. The number of hydrogen-bond acceptors (Lipinski definition) is 7. The van der Waals surface area contributed by atoms with Crippen LogP contribution in [0.4, 0.5) is 10.5 Å². The fourth-order valence-corrected chi connectivity index (χ4v) is 2.64. The van der Waals surface area contributed by atoms with Crippen LogP contribution in [0, 0.1) is 5.92 Å². The Morgan fingerprint density at radius 3 is 2.76 bits per heavy atom. The molecule has 1 fully saturated rings. The lowest BCUT2D eigenvalue weighted by atomic mass is 10.1. The molecule has 1 saturated heterocycles. The summed E-state index contributed by atoms with van der Waals surface area (Å²) in [6.07, 6.45) is 0.533. The molecule has 0 aliphatic carbocycles. The van der Waals surface area contributed by atoms with E-state index in [-0.39, 0.29) is 22.9 Å². The van der Waals surface area contributed by atoms with E-state index in [1.165, 1.54) is 13.2 Å². The Kier molecular flexibility index (Phi) is 6.05. The smallest absolute Gasteiger partial charge is 0.410 e. The molecule has 138 valence electrons. The fourth-order valence-electron chi connectivity index (χ4n) is 2.50. The largest absolute Gasteiger partial charge is 0.464 e. The number of carbonyl (C=O) groups is 2. The SMILES string of the molecule is COC(=O)c1nnc(Cl)cc1NCC1CCN(C(=O)OC(C)(C)C)C1. The van der Waals surface area contributed by atoms with Crippen molar-refractivity contribution in [3.05, 3.63) is 16.9 Å². The van der Waals surface area contributed by atoms with Crippen LogP contribution in [-0.4, -0.2) is 59.5 Å². The average molecular weight is 371 g/mol. The predicted molar refractivity (Wildman–Crippen MR) is 92.8 cm³/mol. The molecule has 1 aromatic heterocycles. The molecule has 8 nitrogen and oxygen atoms in total. The number of ether oxygens (including phenoxy) is 2. The zero-order chi connectivity index (χ0) is 18.6. The summed E-state index contributed by atoms with van der Waals surface area (Å²) in [6, 6.07) is 1.53. The number of aromatic nitrogens is 2. The summed E-state index contributed by atoms with van der Waals surface area (Å²) in [5, 5.41) is 10.8. The van der Waals surface area contributed by atoms with Crippen LogP contribution < -0.4 is 5.32 Å². The molecule has 0 aromatic carbocycles. The predicted octanol–water partition coefficient (Wildman–Crippen LogP) is 2.59. The van der Waals surface area contributed by atoms with Gasteiger partial charge < -0.3 is 19.7 Å². The molecular weight excluding hydrogens is 348 g/mol. The lowest BCUT2D eigenvalue weighted by Crippen LogP contribution is -2.35. The lowest BCUT2D eigenvalue weighted by molar-refractivity contribution is 0.0289. The van der Waals surface area contributed by atoms with E-state index in [1.807, 2.05) is 20.8 Å². The Bertz CT molecular complexity index is 648. The van der Waals surface area contributed by atoms with E-state index in [9.17, 15) is 9.59 Å². The second kappa shape index (κ2) is 7.86. The quantitative estimate of drug-likeness (QED) is 0.814. The van der Waals surface area contributed by atoms with E-state index in [0.29, 0.717) is 25.3 Å². The van der Waals surface area contributed by atoms with Crippen molar-refractivity contribution < 1.29 is 19.1 Å². The molecule has 1 atom stereocenters. The van der Waals surface area contributed by atoms with Gasteiger partial charge in [-0.3, -0.25) is 0 Å². The van der Waals surface area contributed by atoms with E-state index in [1.54, 1.807) is 4.90 Å². The third kappa shape index (κ3) is 5.45. The van der Waals surface area contributed by atoms with E-state index in [0.717, 1.165) is 6.42 Å². The van der Waals surface area contributed by atoms with Crippen LogP contribution in [-0.2, 0) is 9.47 Å². The molecule has 0 spiro atoms. The standard InChI is InChI=1S/C16H23ClN4O4/c1-16(2,3)25-15(23)21-6-5-10(9-21)8-18-11-7-12(17)19-20-13(11)14(22)24-4/h7,10H,5-6,8-9H2,1-4H3,(H,18,19). The first kappa shape index (κ1) is 19.2. The second-order valence-corrected chi connectivity index (χ2v) is 7.27. The minimum absolute atomic E-state index is 0.0777. The van der Waals surface area contributed by atoms with Gasteiger partial charge in [-0.1, -0.05) is 11.6 Å². The van der Waals surface area contributed by atoms with Crippen LogP contribution in [0.15, 0.2) is 6.07 Å². The summed E-state index contributed by atoms with van der Waals surface area (Å²) in [4.78, 5) is 25.5. The third-order valence-corrected chi connectivity index (χ3v) is 3.85. The number of rotatable bonds is 4. The molecule has 1 aliphatic rings. The maximum atomic E-state index is 12.1. The number of nitrogens with one attached hydrogen (secondary N) is 1. The normalized spacial score (nSPS) is 17.3. The van der Waals surface area contributed by atoms with Gasteiger partial charge in [0.15, 0.2) is 10.8 Å². The van der Waals surface area contributed by atoms with Gasteiger partial charge in [0.2, 0.25) is 0 Å². The van der Waals surface area contributed by atoms with Crippen LogP contribution in [0.25, 0.3) is 0 Å². The summed E-state index contributed by atoms with van der Waals surface area (Å²) in [5.41, 5.74) is 0.0268. The van der Waals surface area contributed by atoms with Gasteiger partial charge in [0, 0.05) is 25.7 Å². The minimum atomic E-state index is -0.589. The molecule has 1 N–H and O–H groups in total. The van der Waals surface area contributed by atoms with Gasteiger partial charge in [-0.25, -0.2) is 9.59 Å². The highest BCUT2D eigenvalue weighted by molar-refractivity contribution is 6.29. The third-order valence-electron chi connectivity index (χ3n) is 3.66. The van der Waals surface area contributed by atoms with Crippen molar-refractivity contribution in [2.45, 2.75) is 32.8 Å². The van der Waals surface area contributed by atoms with Crippen molar-refractivity contribution >= 4 is 29.4 Å². The molecule has 9 heteroatoms. The number of likely N-dealkylation sites (tertiary alicyclic amines) is 1. The molecule has 25 heavy (non-hydrogen) atoms. The molecule has 0 bridgehead atoms. The topological polar surface area (TPSA) is 93.6 Å². The lowest BCUT2D eigenvalue weighted by Gasteiger charge is -2.24. The molecule has 1 unspecified atom stereocenters. The second-order valence-electron chi connectivity index (χ2n) is 6.88. The first-order valence-electron chi connectivity index (χ1n) is 8.03. The van der Waals surface area contributed by atoms with E-state index in [2.05, 4.69) is 20.3 Å². The van der Waals surface area contributed by atoms with Gasteiger partial charge in [0.05, 0.1) is 12.8 Å². The Labute approximate surface area is 151 Å². The molecule has 1 amide bonds. The van der Waals surface area contributed by atoms with E-state index < -0.39 is 11.6 Å². The van der Waals surface area contributed by atoms with Crippen molar-refractivity contribution in [3.8, 4) is 0 Å². The zero-order valence-electron chi connectivity index (χ0n) is 14.8. The maximum absolute atomic E-state index is 12.1. The van der Waals surface area contributed by atoms with E-state index in [4.69, 9.17) is 16.3 Å². The summed E-state index contributed by atoms with van der Waals surface area (Å²) in [6.45, 7) is 7.31. The highest BCUT2D eigenvalue weighted by Gasteiger charge is 2.30. The number of carbonyl (C=O) groups excluding carboxylic acids is 2. The number of methoxy groups -OCH3 is 1. The van der Waals surface area contributed by atoms with Gasteiger partial charge in [0.1, 0.15) is 5.60 Å². The summed E-state index contributed by atoms with van der Waals surface area (Å²) < 4.78 is 10.1. The van der Waals surface area contributed by atoms with Crippen molar-refractivity contribution in [2.24, 2.45) is 5.92 Å². The number of halogens is 1. The highest BCUT2D eigenvalue weighted by atomic mass is 35.5. The summed E-state index contributed by atoms with van der Waals surface area (Å²) >= 11 is 5.85. The highest BCUT2D eigenvalue weighted by Crippen LogP contribution is 2.22. The molecular formula is C16H23ClN4O4. The van der Waals surface area contributed by atoms with Crippen molar-refractivity contribution in [3.63, 3.8) is 0 Å². The molecule has 2 rings (SSSR count). The molecule has 0 radical (unpaired) electrons. The minimum Gasteiger partial charge on any atom is -0.464 e. The number of anilines is 1. The average Bonchev–Trinajstić information content (AvgIpc) is 3.00. The van der Waals surface area contributed by atoms with Gasteiger partial charge >= 0.3 is 12.1 Å². The summed E-state index contributed by atoms with van der Waals surface area (Å²) in [7, 11) is 1.28. The first-order chi connectivity index (χ1) is 11.7. The summed E-state index contributed by atoms with van der Waals surface area (Å²) in [5.74, 6) is -0.363. The van der Waals surface area contributed by atoms with Gasteiger partial charge in [0.25, 0.3) is 0 Å². The Morgan fingerprint density at radius 2 is 2.12 bits per heavy atom. The number of amides is 1. The first-order valence-corrected chi connectivity index (χ1v) is 8.40. The van der Waals surface area contributed by atoms with E-state index >= 15 is 0 Å². The number of esters is 1. The van der Waals surface area contributed by atoms with Crippen molar-refractivity contribution in [1.82, 2.24) is 15.1 Å². The molecule has 2 heterocycles. The van der Waals surface area contributed by atoms with Gasteiger partial charge in [-0.2, -0.15) is 0 Å². The monoisotopic (exact) mass is 370 g/mol. The zero-order valence-corrected chi connectivity index (χ0v) is 15.6. The van der Waals surface area contributed by atoms with Crippen molar-refractivity contribution in [1.29, 1.82) is 0 Å². The van der Waals surface area contributed by atoms with Crippen LogP contribution in [0.2, 0.25) is 5.15 Å². The maximum Gasteiger partial charge on any atom is 0.410 e. The Morgan fingerprint density at radius 1 is 1.40 bits per heavy atom. The fraction of sp³-hybridized carbons (Fsp3) is 0.625. The van der Waals surface area contributed by atoms with Crippen molar-refractivity contribution in [2.75, 3.05) is 32.1 Å². The molecule has 1 aliphatic heterocycles. The van der Waals surface area contributed by atoms with Crippen LogP contribution >= 0.6 is 11.6 Å². The Balaban J connectivity index is 1.94. The van der Waals surface area contributed by atoms with Crippen LogP contribution in [0.3, 0.4) is 0 Å².